The molecule has 13 heavy (non-hydrogen) atoms. The number of hydrogen-bond acceptors (Lipinski definition) is 1. The largest absolute Gasteiger partial charge is 0.268 e. The number of allylic oxidation sites excluding steroid dienone is 6. The van der Waals surface area contributed by atoms with E-state index in [4.69, 9.17) is 0 Å². The first kappa shape index (κ1) is 8.03. The number of aliphatic imine (C=N–C) groups is 1. The quantitative estimate of drug-likeness (QED) is 0.494. The summed E-state index contributed by atoms with van der Waals surface area (Å²) in [5.41, 5.74) is 6.78. The zero-order valence-electron chi connectivity index (χ0n) is 7.62. The van der Waals surface area contributed by atoms with Gasteiger partial charge < -0.3 is 0 Å². The molecular weight excluding hydrogens is 158 g/mol. The van der Waals surface area contributed by atoms with Gasteiger partial charge in [-0.15, -0.1) is 5.73 Å². The summed E-state index contributed by atoms with van der Waals surface area (Å²) in [5.74, 6) is 0. The molecule has 0 aromatic rings. The summed E-state index contributed by atoms with van der Waals surface area (Å²) in [5, 5.41) is 0. The monoisotopic (exact) mass is 169 g/mol. The van der Waals surface area contributed by atoms with Crippen molar-refractivity contribution in [1.82, 2.24) is 0 Å². The first-order chi connectivity index (χ1) is 6.38. The van der Waals surface area contributed by atoms with Crippen LogP contribution < -0.4 is 0 Å². The van der Waals surface area contributed by atoms with Gasteiger partial charge in [0.05, 0.1) is 0 Å². The molecule has 1 heteroatoms. The summed E-state index contributed by atoms with van der Waals surface area (Å²) in [6, 6.07) is 0. The lowest BCUT2D eigenvalue weighted by atomic mass is 10.0. The number of nitrogens with zero attached hydrogens (tertiary/aromatic N) is 1. The zero-order chi connectivity index (χ0) is 9.10. The summed E-state index contributed by atoms with van der Waals surface area (Å²) >= 11 is 0. The molecule has 0 aromatic carbocycles. The van der Waals surface area contributed by atoms with E-state index >= 15 is 0 Å². The molecule has 0 radical (unpaired) electrons. The second-order valence-electron chi connectivity index (χ2n) is 3.10. The van der Waals surface area contributed by atoms with Crippen LogP contribution in [-0.4, -0.2) is 6.21 Å². The zero-order valence-corrected chi connectivity index (χ0v) is 7.62. The van der Waals surface area contributed by atoms with E-state index < -0.39 is 0 Å². The van der Waals surface area contributed by atoms with E-state index in [0.717, 1.165) is 6.42 Å². The summed E-state index contributed by atoms with van der Waals surface area (Å²) in [6.07, 6.45) is 12.9. The first-order valence-corrected chi connectivity index (χ1v) is 4.40. The topological polar surface area (TPSA) is 12.4 Å². The minimum atomic E-state index is 0.904. The standard InChI is InChI=1S/C12H11N/c1-10-5-2-3-6-11-7-4-8-13-9-12(10)11/h2,5-9H,4H2,1H3. The molecule has 0 saturated heterocycles. The van der Waals surface area contributed by atoms with Crippen molar-refractivity contribution in [2.75, 3.05) is 0 Å². The predicted molar refractivity (Wildman–Crippen MR) is 55.7 cm³/mol. The van der Waals surface area contributed by atoms with Crippen LogP contribution in [0.2, 0.25) is 0 Å². The normalized spacial score (nSPS) is 19.6. The highest BCUT2D eigenvalue weighted by molar-refractivity contribution is 5.66. The van der Waals surface area contributed by atoms with Crippen molar-refractivity contribution in [2.45, 2.75) is 13.3 Å². The van der Waals surface area contributed by atoms with Gasteiger partial charge in [0.1, 0.15) is 0 Å². The molecule has 2 rings (SSSR count). The van der Waals surface area contributed by atoms with Crippen LogP contribution in [0.4, 0.5) is 0 Å². The Kier molecular flexibility index (Phi) is 2.11. The van der Waals surface area contributed by atoms with Crippen LogP contribution in [0.1, 0.15) is 13.3 Å². The van der Waals surface area contributed by atoms with Crippen molar-refractivity contribution < 1.29 is 0 Å². The van der Waals surface area contributed by atoms with Crippen molar-refractivity contribution in [3.05, 3.63) is 53.0 Å². The average molecular weight is 169 g/mol. The Balaban J connectivity index is 2.56. The third-order valence-electron chi connectivity index (χ3n) is 2.16. The highest BCUT2D eigenvalue weighted by Crippen LogP contribution is 2.23. The van der Waals surface area contributed by atoms with Gasteiger partial charge in [0.25, 0.3) is 0 Å². The van der Waals surface area contributed by atoms with Crippen LogP contribution in [0, 0.1) is 0 Å². The molecular formula is C12H11N. The molecule has 0 unspecified atom stereocenters. The van der Waals surface area contributed by atoms with Gasteiger partial charge in [-0.05, 0) is 30.2 Å². The lowest BCUT2D eigenvalue weighted by Crippen LogP contribution is -1.86. The molecule has 0 bridgehead atoms. The van der Waals surface area contributed by atoms with E-state index in [9.17, 15) is 0 Å². The molecule has 0 fully saturated rings. The van der Waals surface area contributed by atoms with Crippen LogP contribution in [0.5, 0.6) is 0 Å². The number of fused-ring (bicyclic) bond motifs is 1. The average Bonchev–Trinajstić information content (AvgIpc) is 2.43. The smallest absolute Gasteiger partial charge is 0.0345 e. The van der Waals surface area contributed by atoms with Crippen LogP contribution in [0.15, 0.2) is 57.9 Å². The van der Waals surface area contributed by atoms with Gasteiger partial charge in [-0.3, -0.25) is 4.99 Å². The Morgan fingerprint density at radius 2 is 2.38 bits per heavy atom. The summed E-state index contributed by atoms with van der Waals surface area (Å²) < 4.78 is 0. The van der Waals surface area contributed by atoms with Crippen molar-refractivity contribution >= 4 is 6.21 Å². The van der Waals surface area contributed by atoms with E-state index in [1.807, 2.05) is 24.6 Å². The second kappa shape index (κ2) is 3.42. The molecule has 0 aromatic heterocycles. The fourth-order valence-electron chi connectivity index (χ4n) is 1.42. The van der Waals surface area contributed by atoms with Gasteiger partial charge in [0.15, 0.2) is 0 Å². The molecule has 0 atom stereocenters. The molecule has 0 spiro atoms. The van der Waals surface area contributed by atoms with Crippen LogP contribution in [0.25, 0.3) is 0 Å². The molecule has 1 aliphatic carbocycles. The van der Waals surface area contributed by atoms with Crippen molar-refractivity contribution in [3.8, 4) is 0 Å². The van der Waals surface area contributed by atoms with Crippen LogP contribution in [0.3, 0.4) is 0 Å². The number of hydrogen-bond donors (Lipinski definition) is 0. The number of rotatable bonds is 0. The SMILES string of the molecule is CC1=CC=C=CC2=CCC=NC=C12. The van der Waals surface area contributed by atoms with E-state index in [1.54, 1.807) is 0 Å². The molecule has 64 valence electrons. The molecule has 0 N–H and O–H groups in total. The van der Waals surface area contributed by atoms with Gasteiger partial charge >= 0.3 is 0 Å². The van der Waals surface area contributed by atoms with Crippen LogP contribution in [-0.2, 0) is 0 Å². The molecule has 0 saturated carbocycles. The third kappa shape index (κ3) is 1.61. The second-order valence-corrected chi connectivity index (χ2v) is 3.10. The summed E-state index contributed by atoms with van der Waals surface area (Å²) in [7, 11) is 0. The van der Waals surface area contributed by atoms with Crippen LogP contribution >= 0.6 is 0 Å². The van der Waals surface area contributed by atoms with Crippen molar-refractivity contribution in [1.29, 1.82) is 0 Å². The maximum Gasteiger partial charge on any atom is 0.0345 e. The maximum absolute atomic E-state index is 4.21. The highest BCUT2D eigenvalue weighted by atomic mass is 14.7. The van der Waals surface area contributed by atoms with E-state index in [0.29, 0.717) is 0 Å². The Morgan fingerprint density at radius 3 is 3.31 bits per heavy atom. The molecule has 2 aliphatic rings. The maximum atomic E-state index is 4.21. The fraction of sp³-hybridized carbons (Fsp3) is 0.167. The van der Waals surface area contributed by atoms with Gasteiger partial charge in [-0.25, -0.2) is 0 Å². The molecule has 1 aliphatic heterocycles. The van der Waals surface area contributed by atoms with Crippen molar-refractivity contribution in [2.24, 2.45) is 4.99 Å². The van der Waals surface area contributed by atoms with E-state index in [1.165, 1.54) is 16.7 Å². The molecule has 1 nitrogen and oxygen atoms in total. The highest BCUT2D eigenvalue weighted by Gasteiger charge is 2.06. The molecule has 1 heterocycles. The van der Waals surface area contributed by atoms with Crippen molar-refractivity contribution in [3.63, 3.8) is 0 Å². The lowest BCUT2D eigenvalue weighted by molar-refractivity contribution is 1.35. The minimum absolute atomic E-state index is 0.904. The summed E-state index contributed by atoms with van der Waals surface area (Å²) in [4.78, 5) is 4.21. The lowest BCUT2D eigenvalue weighted by Gasteiger charge is -2.04. The predicted octanol–water partition coefficient (Wildman–Crippen LogP) is 2.94. The van der Waals surface area contributed by atoms with E-state index in [-0.39, 0.29) is 0 Å². The third-order valence-corrected chi connectivity index (χ3v) is 2.16. The van der Waals surface area contributed by atoms with Gasteiger partial charge in [0, 0.05) is 24.4 Å². The van der Waals surface area contributed by atoms with E-state index in [2.05, 4.69) is 29.8 Å². The Bertz CT molecular complexity index is 397. The van der Waals surface area contributed by atoms with Gasteiger partial charge in [-0.1, -0.05) is 12.2 Å². The minimum Gasteiger partial charge on any atom is -0.268 e. The van der Waals surface area contributed by atoms with Gasteiger partial charge in [-0.2, -0.15) is 0 Å². The fourth-order valence-corrected chi connectivity index (χ4v) is 1.42. The Hall–Kier alpha value is -1.59. The Labute approximate surface area is 78.2 Å². The first-order valence-electron chi connectivity index (χ1n) is 4.40. The summed E-state index contributed by atoms with van der Waals surface area (Å²) in [6.45, 7) is 2.10. The van der Waals surface area contributed by atoms with Gasteiger partial charge in [0.2, 0.25) is 0 Å². The Morgan fingerprint density at radius 1 is 1.46 bits per heavy atom. The molecule has 0 amide bonds.